The van der Waals surface area contributed by atoms with E-state index in [1.807, 2.05) is 13.8 Å². The predicted octanol–water partition coefficient (Wildman–Crippen LogP) is 1.97. The molecule has 14 heavy (non-hydrogen) atoms. The minimum Gasteiger partial charge on any atom is -0.382 e. The number of amides is 1. The van der Waals surface area contributed by atoms with Crippen molar-refractivity contribution in [2.75, 3.05) is 19.8 Å². The Labute approximate surface area is 87.2 Å². The third-order valence-corrected chi connectivity index (χ3v) is 2.14. The molecule has 0 aliphatic carbocycles. The third kappa shape index (κ3) is 6.89. The topological polar surface area (TPSA) is 38.3 Å². The molecular weight excluding hydrogens is 178 g/mol. The molecule has 0 aromatic carbocycles. The Morgan fingerprint density at radius 1 is 1.43 bits per heavy atom. The van der Waals surface area contributed by atoms with Gasteiger partial charge >= 0.3 is 0 Å². The van der Waals surface area contributed by atoms with Crippen LogP contribution in [0.2, 0.25) is 0 Å². The molecule has 1 unspecified atom stereocenters. The lowest BCUT2D eigenvalue weighted by Gasteiger charge is -2.10. The Balaban J connectivity index is 3.34. The van der Waals surface area contributed by atoms with E-state index in [2.05, 4.69) is 12.2 Å². The molecule has 0 aliphatic rings. The quantitative estimate of drug-likeness (QED) is 0.610. The SMILES string of the molecule is CCCC(C)C(=O)NCCCOCC. The molecule has 0 spiro atoms. The van der Waals surface area contributed by atoms with Crippen molar-refractivity contribution in [3.05, 3.63) is 0 Å². The summed E-state index contributed by atoms with van der Waals surface area (Å²) in [6, 6.07) is 0. The van der Waals surface area contributed by atoms with Gasteiger partial charge in [-0.15, -0.1) is 0 Å². The Hall–Kier alpha value is -0.570. The summed E-state index contributed by atoms with van der Waals surface area (Å²) in [6.07, 6.45) is 2.93. The average molecular weight is 201 g/mol. The van der Waals surface area contributed by atoms with E-state index in [1.165, 1.54) is 0 Å². The number of hydrogen-bond donors (Lipinski definition) is 1. The van der Waals surface area contributed by atoms with Crippen LogP contribution in [-0.2, 0) is 9.53 Å². The van der Waals surface area contributed by atoms with Crippen LogP contribution in [0.4, 0.5) is 0 Å². The monoisotopic (exact) mass is 201 g/mol. The molecule has 0 saturated heterocycles. The minimum atomic E-state index is 0.145. The number of carbonyl (C=O) groups is 1. The van der Waals surface area contributed by atoms with Gasteiger partial charge in [-0.05, 0) is 19.8 Å². The molecule has 1 amide bonds. The summed E-state index contributed by atoms with van der Waals surface area (Å²) >= 11 is 0. The first-order chi connectivity index (χ1) is 6.72. The first-order valence-corrected chi connectivity index (χ1v) is 5.57. The fourth-order valence-corrected chi connectivity index (χ4v) is 1.27. The van der Waals surface area contributed by atoms with Crippen molar-refractivity contribution >= 4 is 5.91 Å². The van der Waals surface area contributed by atoms with Crippen LogP contribution < -0.4 is 5.32 Å². The molecular formula is C11H23NO2. The van der Waals surface area contributed by atoms with E-state index in [0.29, 0.717) is 0 Å². The lowest BCUT2D eigenvalue weighted by atomic mass is 10.1. The smallest absolute Gasteiger partial charge is 0.222 e. The molecule has 0 heterocycles. The Bertz CT molecular complexity index is 148. The van der Waals surface area contributed by atoms with Gasteiger partial charge in [-0.2, -0.15) is 0 Å². The van der Waals surface area contributed by atoms with Crippen LogP contribution in [0.5, 0.6) is 0 Å². The van der Waals surface area contributed by atoms with Gasteiger partial charge in [0.15, 0.2) is 0 Å². The van der Waals surface area contributed by atoms with Crippen LogP contribution in [0.1, 0.15) is 40.0 Å². The number of carbonyl (C=O) groups excluding carboxylic acids is 1. The summed E-state index contributed by atoms with van der Waals surface area (Å²) in [5.74, 6) is 0.315. The summed E-state index contributed by atoms with van der Waals surface area (Å²) in [7, 11) is 0. The second kappa shape index (κ2) is 9.00. The van der Waals surface area contributed by atoms with Crippen LogP contribution in [0, 0.1) is 5.92 Å². The molecule has 0 radical (unpaired) electrons. The molecule has 0 saturated carbocycles. The van der Waals surface area contributed by atoms with Crippen LogP contribution in [-0.4, -0.2) is 25.7 Å². The van der Waals surface area contributed by atoms with E-state index in [9.17, 15) is 4.79 Å². The lowest BCUT2D eigenvalue weighted by molar-refractivity contribution is -0.124. The van der Waals surface area contributed by atoms with Gasteiger partial charge in [0, 0.05) is 25.7 Å². The average Bonchev–Trinajstić information content (AvgIpc) is 2.17. The van der Waals surface area contributed by atoms with Gasteiger partial charge in [-0.1, -0.05) is 20.3 Å². The molecule has 0 aliphatic heterocycles. The zero-order chi connectivity index (χ0) is 10.8. The summed E-state index contributed by atoms with van der Waals surface area (Å²) in [5, 5.41) is 2.91. The molecule has 1 N–H and O–H groups in total. The maximum Gasteiger partial charge on any atom is 0.222 e. The third-order valence-electron chi connectivity index (χ3n) is 2.14. The summed E-state index contributed by atoms with van der Waals surface area (Å²) < 4.78 is 5.17. The highest BCUT2D eigenvalue weighted by Gasteiger charge is 2.09. The molecule has 0 fully saturated rings. The van der Waals surface area contributed by atoms with E-state index in [4.69, 9.17) is 4.74 Å². The fraction of sp³-hybridized carbons (Fsp3) is 0.909. The Kier molecular flexibility index (Phi) is 8.64. The van der Waals surface area contributed by atoms with E-state index in [1.54, 1.807) is 0 Å². The molecule has 3 nitrogen and oxygen atoms in total. The van der Waals surface area contributed by atoms with Crippen molar-refractivity contribution in [2.24, 2.45) is 5.92 Å². The Morgan fingerprint density at radius 2 is 2.14 bits per heavy atom. The maximum absolute atomic E-state index is 11.4. The van der Waals surface area contributed by atoms with Crippen molar-refractivity contribution < 1.29 is 9.53 Å². The van der Waals surface area contributed by atoms with Gasteiger partial charge in [-0.3, -0.25) is 4.79 Å². The van der Waals surface area contributed by atoms with Gasteiger partial charge in [0.2, 0.25) is 5.91 Å². The second-order valence-corrected chi connectivity index (χ2v) is 3.53. The van der Waals surface area contributed by atoms with E-state index < -0.39 is 0 Å². The van der Waals surface area contributed by atoms with Gasteiger partial charge in [0.1, 0.15) is 0 Å². The van der Waals surface area contributed by atoms with Crippen LogP contribution in [0.15, 0.2) is 0 Å². The highest BCUT2D eigenvalue weighted by atomic mass is 16.5. The zero-order valence-electron chi connectivity index (χ0n) is 9.64. The molecule has 0 aromatic heterocycles. The van der Waals surface area contributed by atoms with E-state index in [-0.39, 0.29) is 11.8 Å². The van der Waals surface area contributed by atoms with Crippen LogP contribution in [0.3, 0.4) is 0 Å². The molecule has 3 heteroatoms. The van der Waals surface area contributed by atoms with Crippen molar-refractivity contribution in [3.63, 3.8) is 0 Å². The van der Waals surface area contributed by atoms with Crippen molar-refractivity contribution in [1.29, 1.82) is 0 Å². The predicted molar refractivity (Wildman–Crippen MR) is 58.2 cm³/mol. The fourth-order valence-electron chi connectivity index (χ4n) is 1.27. The molecule has 0 aromatic rings. The van der Waals surface area contributed by atoms with Gasteiger partial charge in [0.25, 0.3) is 0 Å². The standard InChI is InChI=1S/C11H23NO2/c1-4-7-10(3)11(13)12-8-6-9-14-5-2/h10H,4-9H2,1-3H3,(H,12,13). The number of ether oxygens (including phenoxy) is 1. The number of rotatable bonds is 8. The summed E-state index contributed by atoms with van der Waals surface area (Å²) in [4.78, 5) is 11.4. The van der Waals surface area contributed by atoms with Crippen molar-refractivity contribution in [2.45, 2.75) is 40.0 Å². The van der Waals surface area contributed by atoms with Gasteiger partial charge in [0.05, 0.1) is 0 Å². The normalized spacial score (nSPS) is 12.5. The first-order valence-electron chi connectivity index (χ1n) is 5.57. The highest BCUT2D eigenvalue weighted by Crippen LogP contribution is 2.04. The van der Waals surface area contributed by atoms with E-state index >= 15 is 0 Å². The molecule has 0 rings (SSSR count). The van der Waals surface area contributed by atoms with E-state index in [0.717, 1.165) is 39.0 Å². The molecule has 1 atom stereocenters. The van der Waals surface area contributed by atoms with Gasteiger partial charge < -0.3 is 10.1 Å². The second-order valence-electron chi connectivity index (χ2n) is 3.53. The first kappa shape index (κ1) is 13.4. The Morgan fingerprint density at radius 3 is 2.71 bits per heavy atom. The summed E-state index contributed by atoms with van der Waals surface area (Å²) in [5.41, 5.74) is 0. The number of nitrogens with one attached hydrogen (secondary N) is 1. The number of hydrogen-bond acceptors (Lipinski definition) is 2. The zero-order valence-corrected chi connectivity index (χ0v) is 9.64. The molecule has 84 valence electrons. The van der Waals surface area contributed by atoms with Crippen LogP contribution in [0.25, 0.3) is 0 Å². The highest BCUT2D eigenvalue weighted by molar-refractivity contribution is 5.78. The van der Waals surface area contributed by atoms with Crippen molar-refractivity contribution in [1.82, 2.24) is 5.32 Å². The van der Waals surface area contributed by atoms with Crippen LogP contribution >= 0.6 is 0 Å². The minimum absolute atomic E-state index is 0.145. The van der Waals surface area contributed by atoms with Gasteiger partial charge in [-0.25, -0.2) is 0 Å². The van der Waals surface area contributed by atoms with Crippen molar-refractivity contribution in [3.8, 4) is 0 Å². The lowest BCUT2D eigenvalue weighted by Crippen LogP contribution is -2.30. The molecule has 0 bridgehead atoms. The summed E-state index contributed by atoms with van der Waals surface area (Å²) in [6.45, 7) is 8.26. The maximum atomic E-state index is 11.4. The largest absolute Gasteiger partial charge is 0.382 e.